The fourth-order valence-electron chi connectivity index (χ4n) is 1.57. The van der Waals surface area contributed by atoms with Gasteiger partial charge in [0, 0.05) is 18.3 Å². The third-order valence-electron chi connectivity index (χ3n) is 2.87. The van der Waals surface area contributed by atoms with Crippen molar-refractivity contribution < 1.29 is 9.53 Å². The Kier molecular flexibility index (Phi) is 5.51. The van der Waals surface area contributed by atoms with Crippen LogP contribution < -0.4 is 15.8 Å². The number of carbonyl (C=O) groups is 1. The zero-order valence-corrected chi connectivity index (χ0v) is 12.9. The summed E-state index contributed by atoms with van der Waals surface area (Å²) in [6, 6.07) is 3.15. The van der Waals surface area contributed by atoms with Gasteiger partial charge in [-0.3, -0.25) is 4.79 Å². The number of nitrogens with zero attached hydrogens (tertiary/aromatic N) is 1. The smallest absolute Gasteiger partial charge is 0.237 e. The summed E-state index contributed by atoms with van der Waals surface area (Å²) in [5.41, 5.74) is 6.49. The molecule has 0 aromatic carbocycles. The van der Waals surface area contributed by atoms with Crippen LogP contribution in [0.15, 0.2) is 18.3 Å². The van der Waals surface area contributed by atoms with Gasteiger partial charge in [0.25, 0.3) is 0 Å². The molecule has 112 valence electrons. The number of hydrogen-bond donors (Lipinski definition) is 2. The van der Waals surface area contributed by atoms with E-state index in [2.05, 4.69) is 10.3 Å². The van der Waals surface area contributed by atoms with Crippen molar-refractivity contribution in [1.29, 1.82) is 0 Å². The molecule has 5 heteroatoms. The van der Waals surface area contributed by atoms with Crippen molar-refractivity contribution in [3.8, 4) is 5.88 Å². The van der Waals surface area contributed by atoms with E-state index in [-0.39, 0.29) is 17.4 Å². The van der Waals surface area contributed by atoms with Crippen LogP contribution in [0.1, 0.15) is 40.2 Å². The van der Waals surface area contributed by atoms with Gasteiger partial charge < -0.3 is 15.8 Å². The summed E-state index contributed by atoms with van der Waals surface area (Å²) < 4.78 is 5.61. The maximum atomic E-state index is 12.0. The van der Waals surface area contributed by atoms with E-state index in [1.165, 1.54) is 0 Å². The number of nitrogens with one attached hydrogen (secondary N) is 1. The van der Waals surface area contributed by atoms with E-state index in [1.54, 1.807) is 6.20 Å². The summed E-state index contributed by atoms with van der Waals surface area (Å²) in [7, 11) is 0. The van der Waals surface area contributed by atoms with Crippen LogP contribution in [0.4, 0.5) is 0 Å². The highest BCUT2D eigenvalue weighted by molar-refractivity contribution is 5.82. The van der Waals surface area contributed by atoms with Crippen molar-refractivity contribution in [3.05, 3.63) is 23.9 Å². The number of nitrogens with two attached hydrogens (primary N) is 1. The molecular formula is C15H25N3O2. The maximum absolute atomic E-state index is 12.0. The van der Waals surface area contributed by atoms with Crippen LogP contribution in [0, 0.1) is 5.41 Å². The Labute approximate surface area is 120 Å². The second-order valence-electron chi connectivity index (χ2n) is 6.20. The lowest BCUT2D eigenvalue weighted by Crippen LogP contribution is -2.48. The normalized spacial score (nSPS) is 13.2. The highest BCUT2D eigenvalue weighted by atomic mass is 16.5. The molecule has 1 atom stereocenters. The van der Waals surface area contributed by atoms with Crippen LogP contribution in [0.25, 0.3) is 0 Å². The molecule has 1 unspecified atom stereocenters. The molecule has 1 heterocycles. The fraction of sp³-hybridized carbons (Fsp3) is 0.600. The van der Waals surface area contributed by atoms with E-state index in [4.69, 9.17) is 10.5 Å². The van der Waals surface area contributed by atoms with Crippen LogP contribution in [-0.4, -0.2) is 23.0 Å². The first-order valence-corrected chi connectivity index (χ1v) is 6.85. The molecule has 3 N–H and O–H groups in total. The summed E-state index contributed by atoms with van der Waals surface area (Å²) in [6.45, 7) is 10.1. The Bertz CT molecular complexity index is 453. The number of hydrogen-bond acceptors (Lipinski definition) is 4. The first-order chi connectivity index (χ1) is 9.21. The molecule has 0 spiro atoms. The predicted octanol–water partition coefficient (Wildman–Crippen LogP) is 1.86. The first-order valence-electron chi connectivity index (χ1n) is 6.85. The number of amides is 1. The van der Waals surface area contributed by atoms with Gasteiger partial charge in [-0.25, -0.2) is 4.98 Å². The average molecular weight is 279 g/mol. The summed E-state index contributed by atoms with van der Waals surface area (Å²) in [5, 5.41) is 2.83. The molecular weight excluding hydrogens is 254 g/mol. The Balaban J connectivity index is 2.68. The highest BCUT2D eigenvalue weighted by Crippen LogP contribution is 2.18. The van der Waals surface area contributed by atoms with Crippen molar-refractivity contribution in [1.82, 2.24) is 10.3 Å². The Morgan fingerprint density at radius 2 is 2.10 bits per heavy atom. The summed E-state index contributed by atoms with van der Waals surface area (Å²) in [6.07, 6.45) is 1.71. The number of pyridine rings is 1. The molecule has 20 heavy (non-hydrogen) atoms. The van der Waals surface area contributed by atoms with E-state index in [0.717, 1.165) is 5.56 Å². The molecule has 0 aliphatic carbocycles. The fourth-order valence-corrected chi connectivity index (χ4v) is 1.57. The largest absolute Gasteiger partial charge is 0.475 e. The molecule has 0 saturated heterocycles. The molecule has 1 amide bonds. The monoisotopic (exact) mass is 279 g/mol. The number of aromatic nitrogens is 1. The average Bonchev–Trinajstić information content (AvgIpc) is 2.34. The molecule has 1 aromatic heterocycles. The SMILES string of the molecule is CC(C)Oc1ncccc1CNC(=O)C(N)C(C)(C)C. The molecule has 0 bridgehead atoms. The van der Waals surface area contributed by atoms with Gasteiger partial charge in [0.2, 0.25) is 11.8 Å². The Morgan fingerprint density at radius 1 is 1.45 bits per heavy atom. The topological polar surface area (TPSA) is 77.2 Å². The third-order valence-corrected chi connectivity index (χ3v) is 2.87. The van der Waals surface area contributed by atoms with Crippen molar-refractivity contribution in [3.63, 3.8) is 0 Å². The van der Waals surface area contributed by atoms with Gasteiger partial charge in [-0.2, -0.15) is 0 Å². The van der Waals surface area contributed by atoms with E-state index in [0.29, 0.717) is 12.4 Å². The van der Waals surface area contributed by atoms with Crippen LogP contribution in [0.3, 0.4) is 0 Å². The highest BCUT2D eigenvalue weighted by Gasteiger charge is 2.27. The molecule has 1 aromatic rings. The lowest BCUT2D eigenvalue weighted by atomic mass is 9.87. The second kappa shape index (κ2) is 6.70. The number of carbonyl (C=O) groups excluding carboxylic acids is 1. The Hall–Kier alpha value is -1.62. The van der Waals surface area contributed by atoms with Crippen LogP contribution in [0.2, 0.25) is 0 Å². The van der Waals surface area contributed by atoms with Crippen molar-refractivity contribution >= 4 is 5.91 Å². The minimum absolute atomic E-state index is 0.0381. The van der Waals surface area contributed by atoms with Crippen molar-refractivity contribution in [2.24, 2.45) is 11.1 Å². The van der Waals surface area contributed by atoms with Gasteiger partial charge in [0.05, 0.1) is 12.1 Å². The summed E-state index contributed by atoms with van der Waals surface area (Å²) in [5.74, 6) is 0.379. The zero-order valence-electron chi connectivity index (χ0n) is 12.9. The minimum Gasteiger partial charge on any atom is -0.475 e. The maximum Gasteiger partial charge on any atom is 0.237 e. The van der Waals surface area contributed by atoms with Gasteiger partial charge in [-0.05, 0) is 25.3 Å². The molecule has 0 aliphatic rings. The van der Waals surface area contributed by atoms with Crippen LogP contribution in [-0.2, 0) is 11.3 Å². The summed E-state index contributed by atoms with van der Waals surface area (Å²) in [4.78, 5) is 16.2. The quantitative estimate of drug-likeness (QED) is 0.862. The van der Waals surface area contributed by atoms with Gasteiger partial charge in [-0.1, -0.05) is 26.8 Å². The third kappa shape index (κ3) is 4.81. The molecule has 0 saturated carbocycles. The Morgan fingerprint density at radius 3 is 2.65 bits per heavy atom. The van der Waals surface area contributed by atoms with E-state index in [9.17, 15) is 4.79 Å². The van der Waals surface area contributed by atoms with Gasteiger partial charge in [0.1, 0.15) is 0 Å². The number of ether oxygens (including phenoxy) is 1. The molecule has 5 nitrogen and oxygen atoms in total. The van der Waals surface area contributed by atoms with Crippen LogP contribution in [0.5, 0.6) is 5.88 Å². The second-order valence-corrected chi connectivity index (χ2v) is 6.20. The van der Waals surface area contributed by atoms with E-state index < -0.39 is 6.04 Å². The van der Waals surface area contributed by atoms with E-state index in [1.807, 2.05) is 46.8 Å². The zero-order chi connectivity index (χ0) is 15.3. The molecule has 0 radical (unpaired) electrons. The van der Waals surface area contributed by atoms with Crippen LogP contribution >= 0.6 is 0 Å². The van der Waals surface area contributed by atoms with Gasteiger partial charge >= 0.3 is 0 Å². The molecule has 0 fully saturated rings. The lowest BCUT2D eigenvalue weighted by molar-refractivity contribution is -0.124. The molecule has 1 rings (SSSR count). The standard InChI is InChI=1S/C15H25N3O2/c1-10(2)20-14-11(7-6-8-17-14)9-18-13(19)12(16)15(3,4)5/h6-8,10,12H,9,16H2,1-5H3,(H,18,19). The predicted molar refractivity (Wildman–Crippen MR) is 79.3 cm³/mol. The van der Waals surface area contributed by atoms with Gasteiger partial charge in [0.15, 0.2) is 0 Å². The van der Waals surface area contributed by atoms with Crippen molar-refractivity contribution in [2.45, 2.75) is 53.3 Å². The van der Waals surface area contributed by atoms with E-state index >= 15 is 0 Å². The first kappa shape index (κ1) is 16.4. The molecule has 0 aliphatic heterocycles. The summed E-state index contributed by atoms with van der Waals surface area (Å²) >= 11 is 0. The minimum atomic E-state index is -0.548. The number of rotatable bonds is 5. The van der Waals surface area contributed by atoms with Gasteiger partial charge in [-0.15, -0.1) is 0 Å². The van der Waals surface area contributed by atoms with Crippen molar-refractivity contribution in [2.75, 3.05) is 0 Å². The lowest BCUT2D eigenvalue weighted by Gasteiger charge is -2.26.